The molecule has 0 radical (unpaired) electrons. The quantitative estimate of drug-likeness (QED) is 0.886. The Morgan fingerprint density at radius 2 is 2.26 bits per heavy atom. The molecule has 4 heteroatoms. The zero-order chi connectivity index (χ0) is 13.2. The molecule has 1 atom stereocenters. The molecule has 0 aromatic carbocycles. The molecule has 104 valence electrons. The number of hydrogen-bond donors (Lipinski definition) is 1. The average molecular weight is 260 g/mol. The zero-order valence-corrected chi connectivity index (χ0v) is 11.8. The van der Waals surface area contributed by atoms with Gasteiger partial charge in [-0.2, -0.15) is 0 Å². The number of aryl methyl sites for hydroxylation is 1. The van der Waals surface area contributed by atoms with Crippen LogP contribution in [0.15, 0.2) is 12.3 Å². The van der Waals surface area contributed by atoms with Crippen LogP contribution in [0.2, 0.25) is 0 Å². The molecule has 0 aliphatic carbocycles. The van der Waals surface area contributed by atoms with E-state index in [9.17, 15) is 0 Å². The van der Waals surface area contributed by atoms with Gasteiger partial charge in [0, 0.05) is 31.9 Å². The third-order valence-corrected chi connectivity index (χ3v) is 4.43. The maximum Gasteiger partial charge on any atom is 0.131 e. The molecule has 3 rings (SSSR count). The van der Waals surface area contributed by atoms with Crippen molar-refractivity contribution in [2.24, 2.45) is 5.73 Å². The second kappa shape index (κ2) is 5.47. The Hall–Kier alpha value is -1.13. The second-order valence-electron chi connectivity index (χ2n) is 5.80. The lowest BCUT2D eigenvalue weighted by Gasteiger charge is -2.38. The van der Waals surface area contributed by atoms with E-state index < -0.39 is 0 Å². The van der Waals surface area contributed by atoms with Crippen molar-refractivity contribution in [3.63, 3.8) is 0 Å². The first-order valence-corrected chi connectivity index (χ1v) is 7.42. The van der Waals surface area contributed by atoms with E-state index in [0.717, 1.165) is 25.6 Å². The molecular formula is C15H24N4. The van der Waals surface area contributed by atoms with Crippen molar-refractivity contribution >= 4 is 5.82 Å². The van der Waals surface area contributed by atoms with E-state index in [-0.39, 0.29) is 0 Å². The van der Waals surface area contributed by atoms with Crippen LogP contribution in [0.25, 0.3) is 0 Å². The molecule has 3 heterocycles. The van der Waals surface area contributed by atoms with E-state index in [0.29, 0.717) is 6.54 Å². The molecule has 0 spiro atoms. The van der Waals surface area contributed by atoms with Crippen LogP contribution in [-0.2, 0) is 6.42 Å². The van der Waals surface area contributed by atoms with E-state index in [1.165, 1.54) is 42.9 Å². The highest BCUT2D eigenvalue weighted by Gasteiger charge is 2.31. The summed E-state index contributed by atoms with van der Waals surface area (Å²) in [6.45, 7) is 7.60. The minimum Gasteiger partial charge on any atom is -0.354 e. The van der Waals surface area contributed by atoms with Crippen LogP contribution in [0, 0.1) is 6.92 Å². The monoisotopic (exact) mass is 260 g/mol. The SMILES string of the molecule is Cc1cc(CCN)cnc1N1CCN2CCCC2C1. The fourth-order valence-corrected chi connectivity index (χ4v) is 3.44. The topological polar surface area (TPSA) is 45.4 Å². The van der Waals surface area contributed by atoms with E-state index in [4.69, 9.17) is 5.73 Å². The highest BCUT2D eigenvalue weighted by atomic mass is 15.3. The van der Waals surface area contributed by atoms with Gasteiger partial charge >= 0.3 is 0 Å². The maximum atomic E-state index is 5.61. The van der Waals surface area contributed by atoms with Crippen LogP contribution in [0.5, 0.6) is 0 Å². The number of hydrogen-bond acceptors (Lipinski definition) is 4. The van der Waals surface area contributed by atoms with Gasteiger partial charge in [0.15, 0.2) is 0 Å². The Balaban J connectivity index is 1.75. The van der Waals surface area contributed by atoms with E-state index >= 15 is 0 Å². The molecule has 1 unspecified atom stereocenters. The van der Waals surface area contributed by atoms with Crippen LogP contribution in [-0.4, -0.2) is 48.6 Å². The molecule has 0 bridgehead atoms. The normalized spacial score (nSPS) is 23.7. The fraction of sp³-hybridized carbons (Fsp3) is 0.667. The third-order valence-electron chi connectivity index (χ3n) is 4.43. The number of fused-ring (bicyclic) bond motifs is 1. The van der Waals surface area contributed by atoms with Gasteiger partial charge in [-0.05, 0) is 50.4 Å². The molecule has 4 nitrogen and oxygen atoms in total. The van der Waals surface area contributed by atoms with E-state index in [1.807, 2.05) is 6.20 Å². The number of aromatic nitrogens is 1. The number of pyridine rings is 1. The lowest BCUT2D eigenvalue weighted by Crippen LogP contribution is -2.50. The molecule has 2 aliphatic heterocycles. The standard InChI is InChI=1S/C15H24N4/c1-12-9-13(4-5-16)10-17-15(12)19-8-7-18-6-2-3-14(18)11-19/h9-10,14H,2-8,11,16H2,1H3. The van der Waals surface area contributed by atoms with Crippen molar-refractivity contribution in [2.75, 3.05) is 37.6 Å². The van der Waals surface area contributed by atoms with Crippen molar-refractivity contribution in [2.45, 2.75) is 32.2 Å². The minimum atomic E-state index is 0.696. The molecule has 1 aromatic heterocycles. The Morgan fingerprint density at radius 3 is 3.05 bits per heavy atom. The number of nitrogens with two attached hydrogens (primary N) is 1. The Labute approximate surface area is 115 Å². The van der Waals surface area contributed by atoms with Crippen LogP contribution < -0.4 is 10.6 Å². The van der Waals surface area contributed by atoms with Gasteiger partial charge < -0.3 is 10.6 Å². The number of rotatable bonds is 3. The molecule has 2 saturated heterocycles. The van der Waals surface area contributed by atoms with Gasteiger partial charge in [0.05, 0.1) is 0 Å². The summed E-state index contributed by atoms with van der Waals surface area (Å²) in [6.07, 6.45) is 5.63. The van der Waals surface area contributed by atoms with E-state index in [1.54, 1.807) is 0 Å². The summed E-state index contributed by atoms with van der Waals surface area (Å²) in [7, 11) is 0. The van der Waals surface area contributed by atoms with Gasteiger partial charge in [0.2, 0.25) is 0 Å². The van der Waals surface area contributed by atoms with Crippen molar-refractivity contribution in [3.8, 4) is 0 Å². The predicted octanol–water partition coefficient (Wildman–Crippen LogP) is 1.18. The summed E-state index contributed by atoms with van der Waals surface area (Å²) in [5.74, 6) is 1.17. The highest BCUT2D eigenvalue weighted by molar-refractivity contribution is 5.48. The van der Waals surface area contributed by atoms with Gasteiger partial charge in [0.25, 0.3) is 0 Å². The number of anilines is 1. The lowest BCUT2D eigenvalue weighted by molar-refractivity contribution is 0.230. The first-order chi connectivity index (χ1) is 9.28. The summed E-state index contributed by atoms with van der Waals surface area (Å²) in [4.78, 5) is 9.79. The lowest BCUT2D eigenvalue weighted by atomic mass is 10.1. The van der Waals surface area contributed by atoms with Gasteiger partial charge in [0.1, 0.15) is 5.82 Å². The molecule has 0 amide bonds. The fourth-order valence-electron chi connectivity index (χ4n) is 3.44. The van der Waals surface area contributed by atoms with Gasteiger partial charge in [-0.1, -0.05) is 6.07 Å². The minimum absolute atomic E-state index is 0.696. The summed E-state index contributed by atoms with van der Waals surface area (Å²) in [6, 6.07) is 3.00. The van der Waals surface area contributed by atoms with Crippen molar-refractivity contribution < 1.29 is 0 Å². The molecule has 0 saturated carbocycles. The first kappa shape index (κ1) is 12.9. The van der Waals surface area contributed by atoms with Crippen molar-refractivity contribution in [3.05, 3.63) is 23.4 Å². The molecule has 1 aromatic rings. The van der Waals surface area contributed by atoms with Crippen LogP contribution in [0.4, 0.5) is 5.82 Å². The zero-order valence-electron chi connectivity index (χ0n) is 11.8. The Bertz CT molecular complexity index is 446. The largest absolute Gasteiger partial charge is 0.354 e. The Kier molecular flexibility index (Phi) is 3.71. The highest BCUT2D eigenvalue weighted by Crippen LogP contribution is 2.26. The molecular weight excluding hydrogens is 236 g/mol. The summed E-state index contributed by atoms with van der Waals surface area (Å²) >= 11 is 0. The molecule has 19 heavy (non-hydrogen) atoms. The molecule has 2 aliphatic rings. The van der Waals surface area contributed by atoms with Crippen LogP contribution in [0.3, 0.4) is 0 Å². The maximum absolute atomic E-state index is 5.61. The summed E-state index contributed by atoms with van der Waals surface area (Å²) in [5.41, 5.74) is 8.15. The van der Waals surface area contributed by atoms with Crippen LogP contribution in [0.1, 0.15) is 24.0 Å². The molecule has 2 fully saturated rings. The van der Waals surface area contributed by atoms with Crippen molar-refractivity contribution in [1.82, 2.24) is 9.88 Å². The molecule has 2 N–H and O–H groups in total. The van der Waals surface area contributed by atoms with Gasteiger partial charge in [-0.3, -0.25) is 4.90 Å². The third kappa shape index (κ3) is 2.60. The average Bonchev–Trinajstić information content (AvgIpc) is 2.86. The predicted molar refractivity (Wildman–Crippen MR) is 78.5 cm³/mol. The van der Waals surface area contributed by atoms with Gasteiger partial charge in [-0.15, -0.1) is 0 Å². The number of nitrogens with zero attached hydrogens (tertiary/aromatic N) is 3. The smallest absolute Gasteiger partial charge is 0.131 e. The van der Waals surface area contributed by atoms with Gasteiger partial charge in [-0.25, -0.2) is 4.98 Å². The summed E-state index contributed by atoms with van der Waals surface area (Å²) in [5, 5.41) is 0. The Morgan fingerprint density at radius 1 is 1.37 bits per heavy atom. The van der Waals surface area contributed by atoms with Crippen LogP contribution >= 0.6 is 0 Å². The summed E-state index contributed by atoms with van der Waals surface area (Å²) < 4.78 is 0. The first-order valence-electron chi connectivity index (χ1n) is 7.42. The number of piperazine rings is 1. The van der Waals surface area contributed by atoms with Crippen molar-refractivity contribution in [1.29, 1.82) is 0 Å². The second-order valence-corrected chi connectivity index (χ2v) is 5.80. The van der Waals surface area contributed by atoms with E-state index in [2.05, 4.69) is 27.8 Å².